The van der Waals surface area contributed by atoms with Gasteiger partial charge in [-0.25, -0.2) is 4.57 Å². The van der Waals surface area contributed by atoms with Crippen LogP contribution in [-0.2, 0) is 13.6 Å². The highest BCUT2D eigenvalue weighted by molar-refractivity contribution is 7.47. The number of rotatable bonds is 11. The largest absolute Gasteiger partial charge is 0.472 e. The zero-order valence-electron chi connectivity index (χ0n) is 12.0. The number of unbranched alkanes of at least 4 members (excludes halogenated alkanes) is 3. The molecular formula is C12H28NO4P. The van der Waals surface area contributed by atoms with E-state index in [1.807, 2.05) is 0 Å². The van der Waals surface area contributed by atoms with Crippen molar-refractivity contribution in [1.29, 1.82) is 0 Å². The van der Waals surface area contributed by atoms with Crippen LogP contribution in [-0.4, -0.2) is 30.2 Å². The molecule has 1 atom stereocenters. The average Bonchev–Trinajstić information content (AvgIpc) is 2.19. The molecule has 0 bridgehead atoms. The molecule has 0 aliphatic carbocycles. The number of hydrogen-bond acceptors (Lipinski definition) is 4. The highest BCUT2D eigenvalue weighted by atomic mass is 31.2. The predicted molar refractivity (Wildman–Crippen MR) is 73.6 cm³/mol. The summed E-state index contributed by atoms with van der Waals surface area (Å²) in [6, 6.07) is 0.529. The molecule has 0 saturated heterocycles. The van der Waals surface area contributed by atoms with Gasteiger partial charge >= 0.3 is 7.82 Å². The van der Waals surface area contributed by atoms with Gasteiger partial charge in [0.25, 0.3) is 0 Å². The smallest absolute Gasteiger partial charge is 0.315 e. The Hall–Kier alpha value is 0.0700. The van der Waals surface area contributed by atoms with Crippen molar-refractivity contribution >= 4 is 7.82 Å². The van der Waals surface area contributed by atoms with Crippen LogP contribution >= 0.6 is 7.82 Å². The zero-order valence-corrected chi connectivity index (χ0v) is 12.9. The molecule has 0 amide bonds. The molecule has 6 heteroatoms. The summed E-state index contributed by atoms with van der Waals surface area (Å²) in [4.78, 5) is 9.29. The first kappa shape index (κ1) is 18.1. The van der Waals surface area contributed by atoms with E-state index in [1.165, 1.54) is 0 Å². The predicted octanol–water partition coefficient (Wildman–Crippen LogP) is 3.09. The van der Waals surface area contributed by atoms with E-state index < -0.39 is 7.82 Å². The molecule has 0 aromatic rings. The molecule has 0 fully saturated rings. The molecule has 18 heavy (non-hydrogen) atoms. The van der Waals surface area contributed by atoms with E-state index in [0.717, 1.165) is 32.2 Å². The van der Waals surface area contributed by atoms with Gasteiger partial charge in [0, 0.05) is 6.04 Å². The Kier molecular flexibility index (Phi) is 9.97. The van der Waals surface area contributed by atoms with E-state index in [2.05, 4.69) is 19.2 Å². The Morgan fingerprint density at radius 3 is 2.28 bits per heavy atom. The van der Waals surface area contributed by atoms with Crippen molar-refractivity contribution in [2.24, 2.45) is 0 Å². The fraction of sp³-hybridized carbons (Fsp3) is 1.00. The van der Waals surface area contributed by atoms with Gasteiger partial charge in [-0.15, -0.1) is 0 Å². The van der Waals surface area contributed by atoms with Crippen LogP contribution in [0.4, 0.5) is 0 Å². The Morgan fingerprint density at radius 1 is 1.11 bits per heavy atom. The first-order chi connectivity index (χ1) is 8.33. The summed E-state index contributed by atoms with van der Waals surface area (Å²) in [7, 11) is -3.84. The average molecular weight is 281 g/mol. The molecule has 0 radical (unpaired) electrons. The van der Waals surface area contributed by atoms with Crippen LogP contribution in [0.1, 0.15) is 53.4 Å². The van der Waals surface area contributed by atoms with Crippen LogP contribution < -0.4 is 5.32 Å². The molecule has 5 nitrogen and oxygen atoms in total. The van der Waals surface area contributed by atoms with Crippen molar-refractivity contribution < 1.29 is 18.5 Å². The first-order valence-electron chi connectivity index (χ1n) is 6.72. The molecular weight excluding hydrogens is 253 g/mol. The molecule has 0 aromatic carbocycles. The summed E-state index contributed by atoms with van der Waals surface area (Å²) in [6.45, 7) is 8.95. The standard InChI is InChI=1S/C12H28NO4P/c1-11(2)13-9-7-5-6-8-10-16-18(14,15)17-12(3)4/h11-13H,5-10H2,1-4H3,(H,14,15). The van der Waals surface area contributed by atoms with Gasteiger partial charge in [-0.05, 0) is 33.2 Å². The minimum Gasteiger partial charge on any atom is -0.315 e. The lowest BCUT2D eigenvalue weighted by Crippen LogP contribution is -2.23. The van der Waals surface area contributed by atoms with Crippen molar-refractivity contribution in [1.82, 2.24) is 5.32 Å². The molecule has 0 aromatic heterocycles. The van der Waals surface area contributed by atoms with Gasteiger partial charge < -0.3 is 10.2 Å². The van der Waals surface area contributed by atoms with Gasteiger partial charge in [0.05, 0.1) is 12.7 Å². The van der Waals surface area contributed by atoms with Crippen LogP contribution in [0.3, 0.4) is 0 Å². The van der Waals surface area contributed by atoms with Gasteiger partial charge in [0.1, 0.15) is 0 Å². The number of phosphoric acid groups is 1. The molecule has 1 unspecified atom stereocenters. The Labute approximate surface area is 111 Å². The molecule has 0 aliphatic heterocycles. The summed E-state index contributed by atoms with van der Waals surface area (Å²) in [5, 5.41) is 3.35. The van der Waals surface area contributed by atoms with Crippen LogP contribution in [0.25, 0.3) is 0 Å². The molecule has 2 N–H and O–H groups in total. The molecule has 0 aliphatic rings. The lowest BCUT2D eigenvalue weighted by atomic mass is 10.2. The minimum absolute atomic E-state index is 0.276. The Morgan fingerprint density at radius 2 is 1.72 bits per heavy atom. The normalized spacial score (nSPS) is 15.3. The van der Waals surface area contributed by atoms with Gasteiger partial charge in [-0.2, -0.15) is 0 Å². The van der Waals surface area contributed by atoms with Crippen LogP contribution in [0.5, 0.6) is 0 Å². The fourth-order valence-corrected chi connectivity index (χ4v) is 2.40. The van der Waals surface area contributed by atoms with Crippen LogP contribution in [0, 0.1) is 0 Å². The summed E-state index contributed by atoms with van der Waals surface area (Å²) < 4.78 is 21.0. The number of hydrogen-bond donors (Lipinski definition) is 2. The van der Waals surface area contributed by atoms with E-state index in [1.54, 1.807) is 13.8 Å². The van der Waals surface area contributed by atoms with Crippen molar-refractivity contribution in [3.05, 3.63) is 0 Å². The number of nitrogens with one attached hydrogen (secondary N) is 1. The van der Waals surface area contributed by atoms with Gasteiger partial charge in [-0.3, -0.25) is 9.05 Å². The molecule has 0 spiro atoms. The zero-order chi connectivity index (χ0) is 14.0. The maximum absolute atomic E-state index is 11.3. The maximum atomic E-state index is 11.3. The van der Waals surface area contributed by atoms with Crippen molar-refractivity contribution in [3.8, 4) is 0 Å². The van der Waals surface area contributed by atoms with Gasteiger partial charge in [0.15, 0.2) is 0 Å². The van der Waals surface area contributed by atoms with Crippen LogP contribution in [0.15, 0.2) is 0 Å². The van der Waals surface area contributed by atoms with E-state index >= 15 is 0 Å². The van der Waals surface area contributed by atoms with Gasteiger partial charge in [-0.1, -0.05) is 26.7 Å². The third-order valence-electron chi connectivity index (χ3n) is 2.22. The topological polar surface area (TPSA) is 67.8 Å². The third kappa shape index (κ3) is 12.5. The third-order valence-corrected chi connectivity index (χ3v) is 3.42. The summed E-state index contributed by atoms with van der Waals surface area (Å²) in [5.41, 5.74) is 0. The second-order valence-electron chi connectivity index (χ2n) is 4.98. The monoisotopic (exact) mass is 281 g/mol. The van der Waals surface area contributed by atoms with E-state index in [0.29, 0.717) is 6.04 Å². The van der Waals surface area contributed by atoms with Gasteiger partial charge in [0.2, 0.25) is 0 Å². The maximum Gasteiger partial charge on any atom is 0.472 e. The van der Waals surface area contributed by atoms with Crippen molar-refractivity contribution in [2.45, 2.75) is 65.5 Å². The van der Waals surface area contributed by atoms with E-state index in [4.69, 9.17) is 9.05 Å². The highest BCUT2D eigenvalue weighted by Crippen LogP contribution is 2.44. The minimum atomic E-state index is -3.84. The molecule has 0 heterocycles. The Bertz CT molecular complexity index is 246. The quantitative estimate of drug-likeness (QED) is 0.450. The van der Waals surface area contributed by atoms with Crippen molar-refractivity contribution in [3.63, 3.8) is 0 Å². The summed E-state index contributed by atoms with van der Waals surface area (Å²) >= 11 is 0. The molecule has 110 valence electrons. The van der Waals surface area contributed by atoms with Crippen LogP contribution in [0.2, 0.25) is 0 Å². The molecule has 0 saturated carbocycles. The lowest BCUT2D eigenvalue weighted by molar-refractivity contribution is 0.119. The number of phosphoric ester groups is 1. The second-order valence-corrected chi connectivity index (χ2v) is 6.39. The second kappa shape index (κ2) is 9.93. The summed E-state index contributed by atoms with van der Waals surface area (Å²) in [6.07, 6.45) is 3.71. The lowest BCUT2D eigenvalue weighted by Gasteiger charge is -2.14. The van der Waals surface area contributed by atoms with E-state index in [9.17, 15) is 9.46 Å². The van der Waals surface area contributed by atoms with Crippen molar-refractivity contribution in [2.75, 3.05) is 13.2 Å². The fourth-order valence-electron chi connectivity index (χ4n) is 1.45. The highest BCUT2D eigenvalue weighted by Gasteiger charge is 2.21. The summed E-state index contributed by atoms with van der Waals surface area (Å²) in [5.74, 6) is 0. The SMILES string of the molecule is CC(C)NCCCCCCOP(=O)(O)OC(C)C. The Balaban J connectivity index is 3.37. The van der Waals surface area contributed by atoms with E-state index in [-0.39, 0.29) is 12.7 Å². The first-order valence-corrected chi connectivity index (χ1v) is 8.22. The molecule has 0 rings (SSSR count).